The fourth-order valence-electron chi connectivity index (χ4n) is 3.06. The Balaban J connectivity index is 1.97. The maximum absolute atomic E-state index is 10.3. The minimum Gasteiger partial charge on any atom is -0.389 e. The van der Waals surface area contributed by atoms with Crippen molar-refractivity contribution in [2.24, 2.45) is 0 Å². The molecular weight excluding hydrogens is 340 g/mol. The van der Waals surface area contributed by atoms with Gasteiger partial charge in [0.2, 0.25) is 0 Å². The van der Waals surface area contributed by atoms with Gasteiger partial charge in [0.1, 0.15) is 0 Å². The summed E-state index contributed by atoms with van der Waals surface area (Å²) >= 11 is 0. The lowest BCUT2D eigenvalue weighted by molar-refractivity contribution is 0.0225. The normalized spacial score (nSPS) is 12.4. The first-order valence-electron chi connectivity index (χ1n) is 9.49. The van der Waals surface area contributed by atoms with Crippen LogP contribution < -0.4 is 0 Å². The second kappa shape index (κ2) is 12.5. The average molecular weight is 373 g/mol. The number of aliphatic hydroxyl groups excluding tert-OH is 1. The molecular formula is C22H32N2O3. The number of ether oxygens (including phenoxy) is 2. The molecule has 1 N–H and O–H groups in total. The Morgan fingerprint density at radius 3 is 2.78 bits per heavy atom. The predicted octanol–water partition coefficient (Wildman–Crippen LogP) is 2.94. The molecule has 148 valence electrons. The molecule has 0 aliphatic heterocycles. The molecule has 0 bridgehead atoms. The van der Waals surface area contributed by atoms with Crippen molar-refractivity contribution in [2.45, 2.75) is 25.6 Å². The van der Waals surface area contributed by atoms with Crippen LogP contribution in [0.4, 0.5) is 0 Å². The zero-order valence-corrected chi connectivity index (χ0v) is 16.3. The standard InChI is InChI=1S/C22H32N2O3/c1-3-14-27-19-22(25)18-23(12-8-15-26-2)17-21-11-7-13-24(21)16-20-9-5-4-6-10-20/h3-7,9-11,13,22,25H,1,8,12,14-19H2,2H3/t22-/m1/s1. The van der Waals surface area contributed by atoms with Crippen molar-refractivity contribution in [2.75, 3.05) is 40.0 Å². The van der Waals surface area contributed by atoms with E-state index < -0.39 is 6.10 Å². The van der Waals surface area contributed by atoms with Gasteiger partial charge in [-0.1, -0.05) is 36.4 Å². The minimum absolute atomic E-state index is 0.317. The Kier molecular flexibility index (Phi) is 9.87. The first-order valence-corrected chi connectivity index (χ1v) is 9.49. The third kappa shape index (κ3) is 8.10. The first-order chi connectivity index (χ1) is 13.2. The predicted molar refractivity (Wildman–Crippen MR) is 109 cm³/mol. The highest BCUT2D eigenvalue weighted by Crippen LogP contribution is 2.11. The lowest BCUT2D eigenvalue weighted by atomic mass is 10.2. The highest BCUT2D eigenvalue weighted by atomic mass is 16.5. The third-order valence-electron chi connectivity index (χ3n) is 4.34. The van der Waals surface area contributed by atoms with Gasteiger partial charge in [-0.25, -0.2) is 0 Å². The van der Waals surface area contributed by atoms with Crippen LogP contribution in [0.25, 0.3) is 0 Å². The molecule has 0 spiro atoms. The lowest BCUT2D eigenvalue weighted by Crippen LogP contribution is -2.36. The number of methoxy groups -OCH3 is 1. The Hall–Kier alpha value is -1.92. The van der Waals surface area contributed by atoms with Crippen molar-refractivity contribution < 1.29 is 14.6 Å². The molecule has 1 atom stereocenters. The smallest absolute Gasteiger partial charge is 0.0900 e. The molecule has 0 aliphatic carbocycles. The van der Waals surface area contributed by atoms with Gasteiger partial charge in [-0.3, -0.25) is 4.90 Å². The van der Waals surface area contributed by atoms with Gasteiger partial charge < -0.3 is 19.1 Å². The molecule has 2 rings (SSSR count). The number of benzene rings is 1. The summed E-state index contributed by atoms with van der Waals surface area (Å²) in [5.41, 5.74) is 2.51. The maximum atomic E-state index is 10.3. The Bertz CT molecular complexity index is 642. The molecule has 1 aromatic heterocycles. The summed E-state index contributed by atoms with van der Waals surface area (Å²) in [5, 5.41) is 10.3. The van der Waals surface area contributed by atoms with Gasteiger partial charge in [-0.05, 0) is 24.1 Å². The van der Waals surface area contributed by atoms with E-state index in [-0.39, 0.29) is 0 Å². The number of rotatable bonds is 14. The van der Waals surface area contributed by atoms with E-state index in [0.29, 0.717) is 26.4 Å². The fraction of sp³-hybridized carbons (Fsp3) is 0.455. The second-order valence-corrected chi connectivity index (χ2v) is 6.67. The zero-order valence-electron chi connectivity index (χ0n) is 16.3. The molecule has 0 saturated carbocycles. The van der Waals surface area contributed by atoms with Gasteiger partial charge in [-0.15, -0.1) is 6.58 Å². The van der Waals surface area contributed by atoms with Crippen LogP contribution in [0.5, 0.6) is 0 Å². The SMILES string of the molecule is C=CCOC[C@H](O)CN(CCCOC)Cc1cccn1Cc1ccccc1. The fourth-order valence-corrected chi connectivity index (χ4v) is 3.06. The molecule has 27 heavy (non-hydrogen) atoms. The van der Waals surface area contributed by atoms with Crippen molar-refractivity contribution in [3.05, 3.63) is 72.6 Å². The van der Waals surface area contributed by atoms with Gasteiger partial charge in [0.15, 0.2) is 0 Å². The molecule has 0 radical (unpaired) electrons. The van der Waals surface area contributed by atoms with Crippen LogP contribution in [0, 0.1) is 0 Å². The van der Waals surface area contributed by atoms with Crippen LogP contribution in [-0.4, -0.2) is 60.7 Å². The van der Waals surface area contributed by atoms with E-state index in [0.717, 1.165) is 26.1 Å². The molecule has 1 aromatic carbocycles. The summed E-state index contributed by atoms with van der Waals surface area (Å²) in [4.78, 5) is 2.26. The minimum atomic E-state index is -0.523. The van der Waals surface area contributed by atoms with E-state index >= 15 is 0 Å². The van der Waals surface area contributed by atoms with E-state index in [2.05, 4.69) is 58.6 Å². The van der Waals surface area contributed by atoms with Crippen molar-refractivity contribution in [3.63, 3.8) is 0 Å². The molecule has 1 heterocycles. The summed E-state index contributed by atoms with van der Waals surface area (Å²) in [7, 11) is 1.72. The quantitative estimate of drug-likeness (QED) is 0.409. The third-order valence-corrected chi connectivity index (χ3v) is 4.34. The van der Waals surface area contributed by atoms with E-state index in [9.17, 15) is 5.11 Å². The van der Waals surface area contributed by atoms with Gasteiger partial charge in [0.05, 0.1) is 19.3 Å². The van der Waals surface area contributed by atoms with Crippen molar-refractivity contribution in [1.29, 1.82) is 0 Å². The number of aromatic nitrogens is 1. The van der Waals surface area contributed by atoms with Crippen LogP contribution in [0.1, 0.15) is 17.7 Å². The molecule has 0 unspecified atom stereocenters. The Labute approximate surface area is 162 Å². The van der Waals surface area contributed by atoms with E-state index in [1.54, 1.807) is 13.2 Å². The number of hydrogen-bond donors (Lipinski definition) is 1. The van der Waals surface area contributed by atoms with Crippen molar-refractivity contribution in [3.8, 4) is 0 Å². The van der Waals surface area contributed by atoms with Crippen molar-refractivity contribution in [1.82, 2.24) is 9.47 Å². The molecule has 5 heteroatoms. The van der Waals surface area contributed by atoms with E-state index in [1.165, 1.54) is 11.3 Å². The molecule has 0 saturated heterocycles. The van der Waals surface area contributed by atoms with Gasteiger partial charge in [0.25, 0.3) is 0 Å². The summed E-state index contributed by atoms with van der Waals surface area (Å²) in [6, 6.07) is 14.7. The summed E-state index contributed by atoms with van der Waals surface area (Å²) < 4.78 is 12.8. The largest absolute Gasteiger partial charge is 0.389 e. The van der Waals surface area contributed by atoms with Crippen LogP contribution in [0.2, 0.25) is 0 Å². The topological polar surface area (TPSA) is 46.9 Å². The molecule has 5 nitrogen and oxygen atoms in total. The first kappa shape index (κ1) is 21.4. The van der Waals surface area contributed by atoms with Crippen LogP contribution >= 0.6 is 0 Å². The monoisotopic (exact) mass is 372 g/mol. The van der Waals surface area contributed by atoms with E-state index in [1.807, 2.05) is 6.07 Å². The number of hydrogen-bond acceptors (Lipinski definition) is 4. The van der Waals surface area contributed by atoms with Gasteiger partial charge >= 0.3 is 0 Å². The van der Waals surface area contributed by atoms with Crippen LogP contribution in [-0.2, 0) is 22.6 Å². The van der Waals surface area contributed by atoms with Crippen LogP contribution in [0.15, 0.2) is 61.3 Å². The highest BCUT2D eigenvalue weighted by molar-refractivity contribution is 5.17. The second-order valence-electron chi connectivity index (χ2n) is 6.67. The molecule has 0 aliphatic rings. The summed E-state index contributed by atoms with van der Waals surface area (Å²) in [5.74, 6) is 0. The van der Waals surface area contributed by atoms with Gasteiger partial charge in [-0.2, -0.15) is 0 Å². The van der Waals surface area contributed by atoms with Crippen LogP contribution in [0.3, 0.4) is 0 Å². The van der Waals surface area contributed by atoms with Gasteiger partial charge in [0, 0.05) is 51.8 Å². The summed E-state index contributed by atoms with van der Waals surface area (Å²) in [6.07, 6.45) is 4.21. The molecule has 2 aromatic rings. The maximum Gasteiger partial charge on any atom is 0.0900 e. The summed E-state index contributed by atoms with van der Waals surface area (Å²) in [6.45, 7) is 8.18. The zero-order chi connectivity index (χ0) is 19.3. The highest BCUT2D eigenvalue weighted by Gasteiger charge is 2.14. The lowest BCUT2D eigenvalue weighted by Gasteiger charge is -2.25. The Morgan fingerprint density at radius 2 is 2.04 bits per heavy atom. The molecule has 0 fully saturated rings. The van der Waals surface area contributed by atoms with Crippen molar-refractivity contribution >= 4 is 0 Å². The number of aliphatic hydroxyl groups is 1. The number of nitrogens with zero attached hydrogens (tertiary/aromatic N) is 2. The average Bonchev–Trinajstić information content (AvgIpc) is 3.09. The molecule has 0 amide bonds. The van der Waals surface area contributed by atoms with E-state index in [4.69, 9.17) is 9.47 Å². The Morgan fingerprint density at radius 1 is 1.22 bits per heavy atom.